The van der Waals surface area contributed by atoms with Crippen molar-refractivity contribution in [1.29, 1.82) is 0 Å². The Hall–Kier alpha value is -2.03. The number of para-hydroxylation sites is 1. The van der Waals surface area contributed by atoms with Gasteiger partial charge in [-0.3, -0.25) is 0 Å². The molecule has 0 bridgehead atoms. The molecule has 3 heteroatoms. The molecule has 84 valence electrons. The zero-order chi connectivity index (χ0) is 12.0. The predicted octanol–water partition coefficient (Wildman–Crippen LogP) is 2.83. The molecule has 0 saturated carbocycles. The van der Waals surface area contributed by atoms with Crippen molar-refractivity contribution in [3.8, 4) is 5.75 Å². The number of phenols is 1. The first kappa shape index (κ1) is 12.0. The van der Waals surface area contributed by atoms with Crippen LogP contribution in [0.15, 0.2) is 42.5 Å². The molecule has 0 spiro atoms. The minimum Gasteiger partial charge on any atom is -0.507 e. The number of allylic oxidation sites excluding steroid dienone is 1. The van der Waals surface area contributed by atoms with E-state index in [9.17, 15) is 9.90 Å². The second kappa shape index (κ2) is 5.75. The van der Waals surface area contributed by atoms with E-state index in [1.54, 1.807) is 24.3 Å². The van der Waals surface area contributed by atoms with Crippen LogP contribution in [-0.2, 0) is 4.79 Å². The van der Waals surface area contributed by atoms with Crippen molar-refractivity contribution in [2.45, 2.75) is 12.8 Å². The minimum atomic E-state index is -0.962. The standard InChI is InChI=1S/C13H14O3/c1-10(13(15)16)6-2-3-7-11-8-4-5-9-12(11)14/h3-5,7-9,14H,1-2,6H2,(H,15,16). The Balaban J connectivity index is 2.47. The van der Waals surface area contributed by atoms with Gasteiger partial charge in [-0.2, -0.15) is 0 Å². The van der Waals surface area contributed by atoms with Gasteiger partial charge in [-0.25, -0.2) is 4.79 Å². The Labute approximate surface area is 94.4 Å². The van der Waals surface area contributed by atoms with Crippen LogP contribution in [0.3, 0.4) is 0 Å². The molecule has 0 aliphatic heterocycles. The molecular formula is C13H14O3. The Morgan fingerprint density at radius 3 is 2.69 bits per heavy atom. The molecular weight excluding hydrogens is 204 g/mol. The van der Waals surface area contributed by atoms with Crippen molar-refractivity contribution in [1.82, 2.24) is 0 Å². The van der Waals surface area contributed by atoms with Gasteiger partial charge in [0.2, 0.25) is 0 Å². The lowest BCUT2D eigenvalue weighted by atomic mass is 10.1. The van der Waals surface area contributed by atoms with Gasteiger partial charge in [-0.15, -0.1) is 0 Å². The summed E-state index contributed by atoms with van der Waals surface area (Å²) < 4.78 is 0. The largest absolute Gasteiger partial charge is 0.507 e. The summed E-state index contributed by atoms with van der Waals surface area (Å²) in [4.78, 5) is 10.5. The Morgan fingerprint density at radius 1 is 1.38 bits per heavy atom. The smallest absolute Gasteiger partial charge is 0.330 e. The molecule has 0 radical (unpaired) electrons. The van der Waals surface area contributed by atoms with Gasteiger partial charge in [0.05, 0.1) is 0 Å². The van der Waals surface area contributed by atoms with Crippen molar-refractivity contribution in [2.24, 2.45) is 0 Å². The molecule has 1 rings (SSSR count). The molecule has 1 aromatic rings. The highest BCUT2D eigenvalue weighted by atomic mass is 16.4. The summed E-state index contributed by atoms with van der Waals surface area (Å²) in [6.07, 6.45) is 4.60. The first-order valence-corrected chi connectivity index (χ1v) is 4.97. The van der Waals surface area contributed by atoms with Gasteiger partial charge in [-0.05, 0) is 18.9 Å². The lowest BCUT2D eigenvalue weighted by Gasteiger charge is -1.98. The van der Waals surface area contributed by atoms with E-state index < -0.39 is 5.97 Å². The fraction of sp³-hybridized carbons (Fsp3) is 0.154. The number of carboxylic acids is 1. The number of carboxylic acid groups (broad SMARTS) is 1. The number of hydrogen-bond donors (Lipinski definition) is 2. The van der Waals surface area contributed by atoms with E-state index in [0.29, 0.717) is 12.8 Å². The van der Waals surface area contributed by atoms with Crippen LogP contribution in [0.4, 0.5) is 0 Å². The summed E-state index contributed by atoms with van der Waals surface area (Å²) in [5.74, 6) is -0.744. The number of benzene rings is 1. The van der Waals surface area contributed by atoms with Crippen molar-refractivity contribution < 1.29 is 15.0 Å². The third kappa shape index (κ3) is 3.61. The van der Waals surface area contributed by atoms with Crippen LogP contribution in [0, 0.1) is 0 Å². The number of phenolic OH excluding ortho intramolecular Hbond substituents is 1. The summed E-state index contributed by atoms with van der Waals surface area (Å²) in [5, 5.41) is 18.0. The Kier molecular flexibility index (Phi) is 4.33. The maximum Gasteiger partial charge on any atom is 0.330 e. The van der Waals surface area contributed by atoms with E-state index >= 15 is 0 Å². The topological polar surface area (TPSA) is 57.5 Å². The average molecular weight is 218 g/mol. The highest BCUT2D eigenvalue weighted by Gasteiger charge is 2.01. The molecule has 0 amide bonds. The van der Waals surface area contributed by atoms with Crippen LogP contribution < -0.4 is 0 Å². The predicted molar refractivity (Wildman–Crippen MR) is 63.2 cm³/mol. The lowest BCUT2D eigenvalue weighted by Crippen LogP contribution is -1.97. The van der Waals surface area contributed by atoms with Crippen LogP contribution in [0.1, 0.15) is 18.4 Å². The Morgan fingerprint density at radius 2 is 2.06 bits per heavy atom. The monoisotopic (exact) mass is 218 g/mol. The fourth-order valence-corrected chi connectivity index (χ4v) is 1.20. The van der Waals surface area contributed by atoms with E-state index in [-0.39, 0.29) is 11.3 Å². The Bertz CT molecular complexity index is 419. The minimum absolute atomic E-state index is 0.196. The van der Waals surface area contributed by atoms with Gasteiger partial charge < -0.3 is 10.2 Å². The van der Waals surface area contributed by atoms with E-state index in [0.717, 1.165) is 5.56 Å². The third-order valence-electron chi connectivity index (χ3n) is 2.15. The molecule has 0 aliphatic carbocycles. The average Bonchev–Trinajstić information content (AvgIpc) is 2.26. The van der Waals surface area contributed by atoms with Gasteiger partial charge >= 0.3 is 5.97 Å². The highest BCUT2D eigenvalue weighted by molar-refractivity contribution is 5.85. The zero-order valence-corrected chi connectivity index (χ0v) is 8.89. The van der Waals surface area contributed by atoms with Crippen LogP contribution in [0.25, 0.3) is 6.08 Å². The van der Waals surface area contributed by atoms with E-state index in [1.165, 1.54) is 0 Å². The van der Waals surface area contributed by atoms with Crippen molar-refractivity contribution >= 4 is 12.0 Å². The number of rotatable bonds is 5. The first-order chi connectivity index (χ1) is 7.61. The van der Waals surface area contributed by atoms with Crippen molar-refractivity contribution in [2.75, 3.05) is 0 Å². The third-order valence-corrected chi connectivity index (χ3v) is 2.15. The molecule has 2 N–H and O–H groups in total. The van der Waals surface area contributed by atoms with Crippen LogP contribution in [-0.4, -0.2) is 16.2 Å². The second-order valence-corrected chi connectivity index (χ2v) is 3.41. The molecule has 0 atom stereocenters. The van der Waals surface area contributed by atoms with Crippen molar-refractivity contribution in [3.05, 3.63) is 48.1 Å². The number of carbonyl (C=O) groups is 1. The SMILES string of the molecule is C=C(CCC=Cc1ccccc1O)C(=O)O. The molecule has 0 heterocycles. The first-order valence-electron chi connectivity index (χ1n) is 4.97. The normalized spacial score (nSPS) is 10.5. The van der Waals surface area contributed by atoms with Crippen LogP contribution in [0.5, 0.6) is 5.75 Å². The maximum atomic E-state index is 10.5. The molecule has 0 unspecified atom stereocenters. The van der Waals surface area contributed by atoms with Gasteiger partial charge in [0.25, 0.3) is 0 Å². The zero-order valence-electron chi connectivity index (χ0n) is 8.89. The number of aliphatic carboxylic acids is 1. The molecule has 0 fully saturated rings. The van der Waals surface area contributed by atoms with Gasteiger partial charge in [0.1, 0.15) is 5.75 Å². The van der Waals surface area contributed by atoms with Crippen LogP contribution >= 0.6 is 0 Å². The second-order valence-electron chi connectivity index (χ2n) is 3.41. The van der Waals surface area contributed by atoms with E-state index in [2.05, 4.69) is 6.58 Å². The number of hydrogen-bond acceptors (Lipinski definition) is 2. The quantitative estimate of drug-likeness (QED) is 0.747. The summed E-state index contributed by atoms with van der Waals surface area (Å²) in [6.45, 7) is 3.43. The molecule has 3 nitrogen and oxygen atoms in total. The van der Waals surface area contributed by atoms with Gasteiger partial charge in [0.15, 0.2) is 0 Å². The molecule has 0 saturated heterocycles. The van der Waals surface area contributed by atoms with E-state index in [4.69, 9.17) is 5.11 Å². The highest BCUT2D eigenvalue weighted by Crippen LogP contribution is 2.17. The fourth-order valence-electron chi connectivity index (χ4n) is 1.20. The summed E-state index contributed by atoms with van der Waals surface area (Å²) in [6, 6.07) is 6.97. The van der Waals surface area contributed by atoms with E-state index in [1.807, 2.05) is 12.1 Å². The van der Waals surface area contributed by atoms with Crippen LogP contribution in [0.2, 0.25) is 0 Å². The molecule has 16 heavy (non-hydrogen) atoms. The van der Waals surface area contributed by atoms with Crippen molar-refractivity contribution in [3.63, 3.8) is 0 Å². The lowest BCUT2D eigenvalue weighted by molar-refractivity contribution is -0.132. The molecule has 1 aromatic carbocycles. The molecule has 0 aromatic heterocycles. The number of aromatic hydroxyl groups is 1. The molecule has 0 aliphatic rings. The summed E-state index contributed by atoms with van der Waals surface area (Å²) >= 11 is 0. The summed E-state index contributed by atoms with van der Waals surface area (Å²) in [5.41, 5.74) is 0.922. The van der Waals surface area contributed by atoms with Gasteiger partial charge in [0, 0.05) is 11.1 Å². The summed E-state index contributed by atoms with van der Waals surface area (Å²) in [7, 11) is 0. The van der Waals surface area contributed by atoms with Gasteiger partial charge in [-0.1, -0.05) is 36.9 Å². The maximum absolute atomic E-state index is 10.5.